The van der Waals surface area contributed by atoms with Crippen molar-refractivity contribution in [2.75, 3.05) is 6.54 Å². The Hall–Kier alpha value is -2.15. The number of nitro benzene ring substituents is 1. The summed E-state index contributed by atoms with van der Waals surface area (Å²) in [5.41, 5.74) is -1.49. The monoisotopic (exact) mass is 312 g/mol. The summed E-state index contributed by atoms with van der Waals surface area (Å²) in [4.78, 5) is 33.5. The van der Waals surface area contributed by atoms with Crippen LogP contribution in [0.4, 0.5) is 5.69 Å². The highest BCUT2D eigenvalue weighted by molar-refractivity contribution is 6.31. The molecule has 1 fully saturated rings. The van der Waals surface area contributed by atoms with E-state index in [1.807, 2.05) is 0 Å². The molecule has 1 aromatic carbocycles. The lowest BCUT2D eigenvalue weighted by Gasteiger charge is -2.37. The Morgan fingerprint density at radius 3 is 2.57 bits per heavy atom. The quantitative estimate of drug-likeness (QED) is 0.640. The van der Waals surface area contributed by atoms with Crippen LogP contribution >= 0.6 is 11.6 Å². The highest BCUT2D eigenvalue weighted by Gasteiger charge is 2.44. The van der Waals surface area contributed by atoms with Gasteiger partial charge in [-0.15, -0.1) is 0 Å². The lowest BCUT2D eigenvalue weighted by Crippen LogP contribution is -2.47. The van der Waals surface area contributed by atoms with Crippen molar-refractivity contribution in [1.29, 1.82) is 0 Å². The van der Waals surface area contributed by atoms with Crippen molar-refractivity contribution in [3.05, 3.63) is 38.9 Å². The maximum absolute atomic E-state index is 12.0. The predicted molar refractivity (Wildman–Crippen MR) is 74.4 cm³/mol. The van der Waals surface area contributed by atoms with Crippen molar-refractivity contribution >= 4 is 29.2 Å². The van der Waals surface area contributed by atoms with Crippen molar-refractivity contribution in [2.45, 2.75) is 19.3 Å². The summed E-state index contributed by atoms with van der Waals surface area (Å²) >= 11 is 5.67. The molecular formula is C13H13ClN2O5. The minimum atomic E-state index is -0.959. The van der Waals surface area contributed by atoms with Gasteiger partial charge in [-0.3, -0.25) is 19.7 Å². The van der Waals surface area contributed by atoms with Crippen LogP contribution < -0.4 is 5.32 Å². The molecule has 2 N–H and O–H groups in total. The Morgan fingerprint density at radius 2 is 2.10 bits per heavy atom. The third-order valence-corrected chi connectivity index (χ3v) is 3.99. The molecule has 0 radical (unpaired) electrons. The number of carbonyl (C=O) groups is 2. The first-order valence-corrected chi connectivity index (χ1v) is 6.69. The molecule has 0 saturated heterocycles. The molecule has 0 aromatic heterocycles. The largest absolute Gasteiger partial charge is 0.481 e. The van der Waals surface area contributed by atoms with E-state index in [2.05, 4.69) is 5.32 Å². The summed E-state index contributed by atoms with van der Waals surface area (Å²) in [6, 6.07) is 3.72. The molecule has 0 heterocycles. The molecule has 8 heteroatoms. The minimum absolute atomic E-state index is 0.0407. The van der Waals surface area contributed by atoms with E-state index >= 15 is 0 Å². The molecule has 0 bridgehead atoms. The Kier molecular flexibility index (Phi) is 4.13. The normalized spacial score (nSPS) is 15.9. The van der Waals surface area contributed by atoms with E-state index in [4.69, 9.17) is 16.7 Å². The summed E-state index contributed by atoms with van der Waals surface area (Å²) < 4.78 is 0. The van der Waals surface area contributed by atoms with Gasteiger partial charge in [0.1, 0.15) is 5.56 Å². The van der Waals surface area contributed by atoms with Gasteiger partial charge in [-0.25, -0.2) is 0 Å². The second-order valence-corrected chi connectivity index (χ2v) is 5.48. The Morgan fingerprint density at radius 1 is 1.43 bits per heavy atom. The van der Waals surface area contributed by atoms with Gasteiger partial charge in [0.25, 0.3) is 11.6 Å². The third kappa shape index (κ3) is 2.97. The molecule has 21 heavy (non-hydrogen) atoms. The molecule has 7 nitrogen and oxygen atoms in total. The Labute approximate surface area is 125 Å². The number of benzene rings is 1. The summed E-state index contributed by atoms with van der Waals surface area (Å²) in [7, 11) is 0. The van der Waals surface area contributed by atoms with Gasteiger partial charge >= 0.3 is 5.97 Å². The fourth-order valence-corrected chi connectivity index (χ4v) is 2.43. The topological polar surface area (TPSA) is 110 Å². The zero-order valence-electron chi connectivity index (χ0n) is 11.0. The molecule has 0 atom stereocenters. The SMILES string of the molecule is O=C(NCC1(C(=O)O)CCC1)c1ccc(Cl)cc1[N+](=O)[O-]. The van der Waals surface area contributed by atoms with Crippen LogP contribution in [0.25, 0.3) is 0 Å². The Bertz CT molecular complexity index is 613. The fraction of sp³-hybridized carbons (Fsp3) is 0.385. The molecule has 1 saturated carbocycles. The highest BCUT2D eigenvalue weighted by Crippen LogP contribution is 2.40. The first kappa shape index (κ1) is 15.2. The van der Waals surface area contributed by atoms with Gasteiger partial charge in [-0.1, -0.05) is 18.0 Å². The van der Waals surface area contributed by atoms with Crippen molar-refractivity contribution < 1.29 is 19.6 Å². The lowest BCUT2D eigenvalue weighted by atomic mass is 9.69. The van der Waals surface area contributed by atoms with Crippen LogP contribution in [0, 0.1) is 15.5 Å². The summed E-state index contributed by atoms with van der Waals surface area (Å²) in [6.07, 6.45) is 1.78. The maximum atomic E-state index is 12.0. The van der Waals surface area contributed by atoms with E-state index in [0.29, 0.717) is 12.8 Å². The van der Waals surface area contributed by atoms with Crippen LogP contribution in [0.15, 0.2) is 18.2 Å². The average Bonchev–Trinajstić information content (AvgIpc) is 2.36. The van der Waals surface area contributed by atoms with Crippen LogP contribution in [0.1, 0.15) is 29.6 Å². The maximum Gasteiger partial charge on any atom is 0.311 e. The number of carboxylic acids is 1. The molecule has 0 unspecified atom stereocenters. The van der Waals surface area contributed by atoms with Crippen molar-refractivity contribution in [3.8, 4) is 0 Å². The number of hydrogen-bond donors (Lipinski definition) is 2. The number of carbonyl (C=O) groups excluding carboxylic acids is 1. The van der Waals surface area contributed by atoms with Gasteiger partial charge in [0.2, 0.25) is 0 Å². The molecule has 112 valence electrons. The van der Waals surface area contributed by atoms with Crippen molar-refractivity contribution in [1.82, 2.24) is 5.32 Å². The van der Waals surface area contributed by atoms with Gasteiger partial charge in [-0.2, -0.15) is 0 Å². The number of hydrogen-bond acceptors (Lipinski definition) is 4. The second-order valence-electron chi connectivity index (χ2n) is 5.04. The van der Waals surface area contributed by atoms with Crippen LogP contribution in [0.3, 0.4) is 0 Å². The van der Waals surface area contributed by atoms with Gasteiger partial charge < -0.3 is 10.4 Å². The average molecular weight is 313 g/mol. The molecule has 0 spiro atoms. The number of rotatable bonds is 5. The number of nitrogens with zero attached hydrogens (tertiary/aromatic N) is 1. The smallest absolute Gasteiger partial charge is 0.311 e. The number of nitro groups is 1. The zero-order chi connectivity index (χ0) is 15.6. The standard InChI is InChI=1S/C13H13ClN2O5/c14-8-2-3-9(10(6-8)16(20)21)11(17)15-7-13(12(18)19)4-1-5-13/h2-3,6H,1,4-5,7H2,(H,15,17)(H,18,19). The van der Waals surface area contributed by atoms with Crippen LogP contribution in [-0.2, 0) is 4.79 Å². The summed E-state index contributed by atoms with van der Waals surface area (Å²) in [5.74, 6) is -1.63. The summed E-state index contributed by atoms with van der Waals surface area (Å²) in [6.45, 7) is -0.0407. The molecule has 1 aromatic rings. The van der Waals surface area contributed by atoms with E-state index in [1.165, 1.54) is 12.1 Å². The highest BCUT2D eigenvalue weighted by atomic mass is 35.5. The minimum Gasteiger partial charge on any atom is -0.481 e. The predicted octanol–water partition coefficient (Wildman–Crippen LogP) is 2.23. The van der Waals surface area contributed by atoms with Gasteiger partial charge in [0, 0.05) is 17.6 Å². The van der Waals surface area contributed by atoms with Gasteiger partial charge in [0.15, 0.2) is 0 Å². The van der Waals surface area contributed by atoms with Crippen LogP contribution in [-0.4, -0.2) is 28.5 Å². The first-order chi connectivity index (χ1) is 9.85. The first-order valence-electron chi connectivity index (χ1n) is 6.31. The van der Waals surface area contributed by atoms with Crippen molar-refractivity contribution in [2.24, 2.45) is 5.41 Å². The van der Waals surface area contributed by atoms with E-state index < -0.39 is 27.9 Å². The number of amides is 1. The van der Waals surface area contributed by atoms with Crippen LogP contribution in [0.2, 0.25) is 5.02 Å². The van der Waals surface area contributed by atoms with Gasteiger partial charge in [-0.05, 0) is 25.0 Å². The van der Waals surface area contributed by atoms with E-state index in [-0.39, 0.29) is 17.1 Å². The zero-order valence-corrected chi connectivity index (χ0v) is 11.7. The number of nitrogens with one attached hydrogen (secondary N) is 1. The van der Waals surface area contributed by atoms with E-state index in [0.717, 1.165) is 12.5 Å². The number of carboxylic acid groups (broad SMARTS) is 1. The molecule has 1 aliphatic carbocycles. The third-order valence-electron chi connectivity index (χ3n) is 3.75. The van der Waals surface area contributed by atoms with E-state index in [9.17, 15) is 19.7 Å². The number of aliphatic carboxylic acids is 1. The number of halogens is 1. The lowest BCUT2D eigenvalue weighted by molar-refractivity contribution is -0.385. The Balaban J connectivity index is 2.14. The molecule has 1 amide bonds. The molecule has 1 aliphatic rings. The second kappa shape index (κ2) is 5.69. The molecular weight excluding hydrogens is 300 g/mol. The fourth-order valence-electron chi connectivity index (χ4n) is 2.26. The molecule has 0 aliphatic heterocycles. The molecule has 2 rings (SSSR count). The van der Waals surface area contributed by atoms with Gasteiger partial charge in [0.05, 0.1) is 10.3 Å². The van der Waals surface area contributed by atoms with E-state index in [1.54, 1.807) is 0 Å². The summed E-state index contributed by atoms with van der Waals surface area (Å²) in [5, 5.41) is 22.7. The van der Waals surface area contributed by atoms with Crippen LogP contribution in [0.5, 0.6) is 0 Å². The van der Waals surface area contributed by atoms with Crippen molar-refractivity contribution in [3.63, 3.8) is 0 Å².